The summed E-state index contributed by atoms with van der Waals surface area (Å²) in [6, 6.07) is 3.69. The number of aryl methyl sites for hydroxylation is 3. The number of likely N-dealkylation sites (tertiary alicyclic amines) is 1. The maximum Gasteiger partial charge on any atom is 0.291 e. The van der Waals surface area contributed by atoms with Crippen LogP contribution < -0.4 is 5.56 Å². The molecule has 0 saturated carbocycles. The van der Waals surface area contributed by atoms with Crippen molar-refractivity contribution in [2.45, 2.75) is 53.5 Å². The van der Waals surface area contributed by atoms with Gasteiger partial charge in [-0.2, -0.15) is 5.10 Å². The van der Waals surface area contributed by atoms with E-state index in [0.29, 0.717) is 42.3 Å². The van der Waals surface area contributed by atoms with Gasteiger partial charge in [-0.15, -0.1) is 0 Å². The van der Waals surface area contributed by atoms with Crippen molar-refractivity contribution >= 4 is 22.5 Å². The van der Waals surface area contributed by atoms with Gasteiger partial charge in [0.15, 0.2) is 5.58 Å². The molecule has 7 nitrogen and oxygen atoms in total. The predicted molar refractivity (Wildman–Crippen MR) is 107 cm³/mol. The average Bonchev–Trinajstić information content (AvgIpc) is 3.14. The van der Waals surface area contributed by atoms with Crippen molar-refractivity contribution in [1.82, 2.24) is 19.1 Å². The van der Waals surface area contributed by atoms with Gasteiger partial charge in [0.25, 0.3) is 5.56 Å². The zero-order chi connectivity index (χ0) is 20.0. The fourth-order valence-electron chi connectivity index (χ4n) is 4.57. The lowest BCUT2D eigenvalue weighted by atomic mass is 9.91. The van der Waals surface area contributed by atoms with Crippen molar-refractivity contribution < 1.29 is 9.21 Å². The molecule has 7 heteroatoms. The van der Waals surface area contributed by atoms with Crippen LogP contribution in [0.3, 0.4) is 0 Å². The topological polar surface area (TPSA) is 72.8 Å². The van der Waals surface area contributed by atoms with Crippen LogP contribution in [-0.4, -0.2) is 38.1 Å². The van der Waals surface area contributed by atoms with E-state index in [-0.39, 0.29) is 11.5 Å². The number of amides is 1. The van der Waals surface area contributed by atoms with Gasteiger partial charge in [0.2, 0.25) is 5.91 Å². The van der Waals surface area contributed by atoms with Crippen LogP contribution in [-0.2, 0) is 11.3 Å². The molecule has 0 radical (unpaired) electrons. The summed E-state index contributed by atoms with van der Waals surface area (Å²) < 4.78 is 8.97. The number of aromatic nitrogens is 3. The highest BCUT2D eigenvalue weighted by atomic mass is 16.3. The van der Waals surface area contributed by atoms with Crippen molar-refractivity contribution in [2.75, 3.05) is 13.1 Å². The molecule has 1 saturated heterocycles. The minimum Gasteiger partial charge on any atom is -0.460 e. The normalized spacial score (nSPS) is 20.4. The second-order valence-electron chi connectivity index (χ2n) is 8.40. The van der Waals surface area contributed by atoms with Crippen LogP contribution in [0.1, 0.15) is 44.7 Å². The molecule has 150 valence electrons. The zero-order valence-electron chi connectivity index (χ0n) is 17.1. The minimum absolute atomic E-state index is 0.151. The Balaban J connectivity index is 1.48. The molecule has 3 aromatic rings. The van der Waals surface area contributed by atoms with Gasteiger partial charge in [0.05, 0.1) is 5.52 Å². The number of nitrogens with zero attached hydrogens (tertiary/aromatic N) is 4. The van der Waals surface area contributed by atoms with Crippen LogP contribution in [0.15, 0.2) is 21.3 Å². The molecule has 2 atom stereocenters. The molecule has 0 aliphatic carbocycles. The molecule has 0 bridgehead atoms. The fourth-order valence-corrected chi connectivity index (χ4v) is 4.57. The Morgan fingerprint density at radius 2 is 1.89 bits per heavy atom. The molecule has 3 aromatic heterocycles. The van der Waals surface area contributed by atoms with E-state index in [1.807, 2.05) is 29.2 Å². The van der Waals surface area contributed by atoms with Crippen LogP contribution in [0.4, 0.5) is 0 Å². The Kier molecular flexibility index (Phi) is 4.77. The summed E-state index contributed by atoms with van der Waals surface area (Å²) in [6.45, 7) is 10.3. The Bertz CT molecular complexity index is 1080. The average molecular weight is 384 g/mol. The molecule has 1 amide bonds. The second-order valence-corrected chi connectivity index (χ2v) is 8.40. The molecule has 0 aromatic carbocycles. The summed E-state index contributed by atoms with van der Waals surface area (Å²) in [5.74, 6) is 2.83. The predicted octanol–water partition coefficient (Wildman–Crippen LogP) is 3.14. The van der Waals surface area contributed by atoms with Gasteiger partial charge < -0.3 is 9.32 Å². The first-order valence-electron chi connectivity index (χ1n) is 10.1. The zero-order valence-corrected chi connectivity index (χ0v) is 17.1. The number of hydrogen-bond donors (Lipinski definition) is 0. The van der Waals surface area contributed by atoms with Gasteiger partial charge in [-0.3, -0.25) is 14.0 Å². The van der Waals surface area contributed by atoms with E-state index in [1.54, 1.807) is 6.07 Å². The van der Waals surface area contributed by atoms with E-state index >= 15 is 0 Å². The molecule has 1 aliphatic rings. The second kappa shape index (κ2) is 7.11. The summed E-state index contributed by atoms with van der Waals surface area (Å²) in [5.41, 5.74) is 1.97. The highest BCUT2D eigenvalue weighted by Gasteiger charge is 2.25. The lowest BCUT2D eigenvalue weighted by molar-refractivity contribution is -0.134. The molecule has 28 heavy (non-hydrogen) atoms. The van der Waals surface area contributed by atoms with Crippen molar-refractivity contribution in [1.29, 1.82) is 0 Å². The molecular weight excluding hydrogens is 356 g/mol. The molecule has 4 rings (SSSR count). The van der Waals surface area contributed by atoms with Crippen LogP contribution >= 0.6 is 0 Å². The first kappa shape index (κ1) is 18.8. The van der Waals surface area contributed by atoms with Gasteiger partial charge >= 0.3 is 0 Å². The first-order valence-corrected chi connectivity index (χ1v) is 10.1. The molecule has 4 heterocycles. The van der Waals surface area contributed by atoms with Crippen molar-refractivity contribution in [3.63, 3.8) is 0 Å². The first-order chi connectivity index (χ1) is 13.3. The molecule has 0 spiro atoms. The summed E-state index contributed by atoms with van der Waals surface area (Å²) in [7, 11) is 0. The molecule has 1 fully saturated rings. The molecular formula is C21H28N4O3. The monoisotopic (exact) mass is 384 g/mol. The number of fused-ring (bicyclic) bond motifs is 3. The van der Waals surface area contributed by atoms with E-state index in [1.165, 1.54) is 11.1 Å². The van der Waals surface area contributed by atoms with E-state index in [2.05, 4.69) is 18.9 Å². The van der Waals surface area contributed by atoms with Crippen LogP contribution in [0.25, 0.3) is 16.6 Å². The van der Waals surface area contributed by atoms with Gasteiger partial charge in [0.1, 0.15) is 17.1 Å². The van der Waals surface area contributed by atoms with E-state index in [9.17, 15) is 9.59 Å². The van der Waals surface area contributed by atoms with E-state index in [0.717, 1.165) is 30.2 Å². The third-order valence-electron chi connectivity index (χ3n) is 5.64. The maximum absolute atomic E-state index is 12.8. The summed E-state index contributed by atoms with van der Waals surface area (Å²) in [6.07, 6.45) is 2.24. The third kappa shape index (κ3) is 3.34. The maximum atomic E-state index is 12.8. The largest absolute Gasteiger partial charge is 0.460 e. The highest BCUT2D eigenvalue weighted by Crippen LogP contribution is 2.23. The smallest absolute Gasteiger partial charge is 0.291 e. The Morgan fingerprint density at radius 1 is 1.18 bits per heavy atom. The van der Waals surface area contributed by atoms with Gasteiger partial charge in [-0.05, 0) is 38.5 Å². The third-order valence-corrected chi connectivity index (χ3v) is 5.64. The van der Waals surface area contributed by atoms with E-state index < -0.39 is 0 Å². The van der Waals surface area contributed by atoms with Crippen molar-refractivity contribution in [2.24, 2.45) is 11.8 Å². The standard InChI is InChI=1S/C21H28N4O3/c1-13-8-14(2)12-23(11-13)20(26)6-5-7-24-21(27)18-10-19-17(9-15(3)28-19)25(18)16(4)22-24/h9-10,13-14H,5-8,11-12H2,1-4H3/t13-,14+. The number of rotatable bonds is 4. The van der Waals surface area contributed by atoms with Crippen LogP contribution in [0.5, 0.6) is 0 Å². The number of carbonyl (C=O) groups is 1. The van der Waals surface area contributed by atoms with Gasteiger partial charge in [-0.1, -0.05) is 13.8 Å². The lowest BCUT2D eigenvalue weighted by Crippen LogP contribution is -2.42. The summed E-state index contributed by atoms with van der Waals surface area (Å²) in [4.78, 5) is 27.4. The lowest BCUT2D eigenvalue weighted by Gasteiger charge is -2.35. The summed E-state index contributed by atoms with van der Waals surface area (Å²) >= 11 is 0. The van der Waals surface area contributed by atoms with Gasteiger partial charge in [-0.25, -0.2) is 4.68 Å². The van der Waals surface area contributed by atoms with Crippen LogP contribution in [0, 0.1) is 25.7 Å². The quantitative estimate of drug-likeness (QED) is 0.693. The van der Waals surface area contributed by atoms with Crippen LogP contribution in [0.2, 0.25) is 0 Å². The number of hydrogen-bond acceptors (Lipinski definition) is 4. The number of furan rings is 1. The molecule has 1 aliphatic heterocycles. The Hall–Kier alpha value is -2.57. The molecule has 0 N–H and O–H groups in total. The number of piperidine rings is 1. The van der Waals surface area contributed by atoms with E-state index in [4.69, 9.17) is 4.42 Å². The van der Waals surface area contributed by atoms with Crippen molar-refractivity contribution in [3.05, 3.63) is 34.1 Å². The van der Waals surface area contributed by atoms with Gasteiger partial charge in [0, 0.05) is 38.2 Å². The Labute approximate surface area is 163 Å². The molecule has 0 unspecified atom stereocenters. The Morgan fingerprint density at radius 3 is 2.61 bits per heavy atom. The summed E-state index contributed by atoms with van der Waals surface area (Å²) in [5, 5.41) is 4.47. The van der Waals surface area contributed by atoms with Crippen molar-refractivity contribution in [3.8, 4) is 0 Å². The number of carbonyl (C=O) groups excluding carboxylic acids is 1. The SMILES string of the molecule is Cc1cc2c(cc3c(=O)n(CCCC(=O)N4C[C@H](C)C[C@H](C)C4)nc(C)n32)o1. The minimum atomic E-state index is -0.151. The fraction of sp³-hybridized carbons (Fsp3) is 0.571. The highest BCUT2D eigenvalue weighted by molar-refractivity contribution is 5.83.